The van der Waals surface area contributed by atoms with Gasteiger partial charge in [-0.1, -0.05) is 48.5 Å². The summed E-state index contributed by atoms with van der Waals surface area (Å²) in [4.78, 5) is 38.9. The molecule has 0 unspecified atom stereocenters. The van der Waals surface area contributed by atoms with Gasteiger partial charge in [0, 0.05) is 12.0 Å². The van der Waals surface area contributed by atoms with Crippen molar-refractivity contribution in [3.63, 3.8) is 0 Å². The van der Waals surface area contributed by atoms with E-state index < -0.39 is 17.5 Å². The molecule has 0 aliphatic carbocycles. The molecule has 2 aromatic carbocycles. The fourth-order valence-electron chi connectivity index (χ4n) is 3.68. The van der Waals surface area contributed by atoms with E-state index in [0.29, 0.717) is 18.6 Å². The fourth-order valence-corrected chi connectivity index (χ4v) is 3.68. The van der Waals surface area contributed by atoms with Gasteiger partial charge < -0.3 is 15.4 Å². The first-order chi connectivity index (χ1) is 13.5. The van der Waals surface area contributed by atoms with E-state index >= 15 is 0 Å². The van der Waals surface area contributed by atoms with Gasteiger partial charge in [-0.05, 0) is 18.6 Å². The van der Waals surface area contributed by atoms with Crippen molar-refractivity contribution in [2.24, 2.45) is 0 Å². The van der Waals surface area contributed by atoms with E-state index in [1.54, 1.807) is 31.2 Å². The molecule has 28 heavy (non-hydrogen) atoms. The summed E-state index contributed by atoms with van der Waals surface area (Å²) < 4.78 is 5.60. The first kappa shape index (κ1) is 18.0. The van der Waals surface area contributed by atoms with Crippen molar-refractivity contribution < 1.29 is 19.1 Å². The summed E-state index contributed by atoms with van der Waals surface area (Å²) in [6, 6.07) is 15.7. The second kappa shape index (κ2) is 6.99. The minimum absolute atomic E-state index is 0.210. The third-order valence-corrected chi connectivity index (χ3v) is 5.22. The molecule has 2 aliphatic heterocycles. The minimum Gasteiger partial charge on any atom is -0.493 e. The molecule has 4 rings (SSSR count). The molecule has 0 saturated carbocycles. The van der Waals surface area contributed by atoms with Crippen molar-refractivity contribution in [3.8, 4) is 5.75 Å². The number of carbonyl (C=O) groups excluding carboxylic acids is 3. The number of nitrogens with one attached hydrogen (secondary N) is 2. The van der Waals surface area contributed by atoms with Gasteiger partial charge in [-0.2, -0.15) is 0 Å². The van der Waals surface area contributed by atoms with Crippen LogP contribution < -0.4 is 15.4 Å². The van der Waals surface area contributed by atoms with Crippen LogP contribution in [-0.4, -0.2) is 35.9 Å². The number of benzene rings is 2. The maximum absolute atomic E-state index is 12.9. The molecule has 7 nitrogen and oxygen atoms in total. The topological polar surface area (TPSA) is 87.7 Å². The summed E-state index contributed by atoms with van der Waals surface area (Å²) in [5.41, 5.74) is 0.396. The van der Waals surface area contributed by atoms with Crippen molar-refractivity contribution in [2.75, 3.05) is 13.2 Å². The van der Waals surface area contributed by atoms with E-state index in [9.17, 15) is 14.4 Å². The third-order valence-electron chi connectivity index (χ3n) is 5.22. The smallest absolute Gasteiger partial charge is 0.325 e. The van der Waals surface area contributed by atoms with Crippen LogP contribution in [0.1, 0.15) is 30.5 Å². The number of para-hydroxylation sites is 1. The molecule has 2 N–H and O–H groups in total. The van der Waals surface area contributed by atoms with Gasteiger partial charge in [0.1, 0.15) is 17.8 Å². The Balaban J connectivity index is 1.47. The largest absolute Gasteiger partial charge is 0.493 e. The molecule has 2 aliphatic rings. The number of ether oxygens (including phenoxy) is 1. The van der Waals surface area contributed by atoms with E-state index in [4.69, 9.17) is 4.74 Å². The van der Waals surface area contributed by atoms with Crippen LogP contribution in [0.3, 0.4) is 0 Å². The predicted molar refractivity (Wildman–Crippen MR) is 101 cm³/mol. The van der Waals surface area contributed by atoms with Gasteiger partial charge in [-0.25, -0.2) is 4.79 Å². The maximum atomic E-state index is 12.9. The first-order valence-electron chi connectivity index (χ1n) is 9.20. The Labute approximate surface area is 162 Å². The zero-order valence-electron chi connectivity index (χ0n) is 15.5. The van der Waals surface area contributed by atoms with Gasteiger partial charge in [0.25, 0.3) is 5.91 Å². The van der Waals surface area contributed by atoms with Gasteiger partial charge in [-0.3, -0.25) is 14.5 Å². The second-order valence-electron chi connectivity index (χ2n) is 7.11. The third kappa shape index (κ3) is 3.09. The summed E-state index contributed by atoms with van der Waals surface area (Å²) in [6.45, 7) is 1.82. The molecule has 0 bridgehead atoms. The minimum atomic E-state index is -1.18. The number of urea groups is 1. The lowest BCUT2D eigenvalue weighted by atomic mass is 9.92. The van der Waals surface area contributed by atoms with Gasteiger partial charge in [-0.15, -0.1) is 0 Å². The summed E-state index contributed by atoms with van der Waals surface area (Å²) in [5, 5.41) is 5.63. The molecule has 144 valence electrons. The van der Waals surface area contributed by atoms with Crippen molar-refractivity contribution in [1.29, 1.82) is 0 Å². The first-order valence-corrected chi connectivity index (χ1v) is 9.20. The molecule has 0 spiro atoms. The number of rotatable bonds is 4. The number of fused-ring (bicyclic) bond motifs is 1. The highest BCUT2D eigenvalue weighted by molar-refractivity contribution is 6.09. The lowest BCUT2D eigenvalue weighted by Crippen LogP contribution is -2.44. The molecular weight excluding hydrogens is 358 g/mol. The summed E-state index contributed by atoms with van der Waals surface area (Å²) >= 11 is 0. The predicted octanol–water partition coefficient (Wildman–Crippen LogP) is 2.09. The van der Waals surface area contributed by atoms with Crippen LogP contribution in [0.25, 0.3) is 0 Å². The Morgan fingerprint density at radius 1 is 1.18 bits per heavy atom. The molecule has 7 heteroatoms. The number of nitrogens with zero attached hydrogens (tertiary/aromatic N) is 1. The van der Waals surface area contributed by atoms with E-state index in [1.165, 1.54) is 0 Å². The van der Waals surface area contributed by atoms with E-state index in [1.807, 2.05) is 30.3 Å². The average Bonchev–Trinajstić information content (AvgIpc) is 2.93. The number of hydrogen-bond acceptors (Lipinski definition) is 4. The molecule has 1 saturated heterocycles. The van der Waals surface area contributed by atoms with Gasteiger partial charge in [0.2, 0.25) is 5.91 Å². The number of carbonyl (C=O) groups is 3. The Kier molecular flexibility index (Phi) is 4.50. The molecule has 2 aromatic rings. The number of amides is 4. The Hall–Kier alpha value is -3.35. The lowest BCUT2D eigenvalue weighted by molar-refractivity contribution is -0.135. The van der Waals surface area contributed by atoms with E-state index in [2.05, 4.69) is 10.6 Å². The molecular formula is C21H21N3O4. The summed E-state index contributed by atoms with van der Waals surface area (Å²) in [5.74, 6) is -0.0839. The standard InChI is InChI=1S/C21H21N3O4/c1-21(14-7-3-2-4-8-14)19(26)24(20(27)23-21)13-18(25)22-16-11-12-28-17-10-6-5-9-15(16)17/h2-10,16H,11-13H2,1H3,(H,22,25)(H,23,27)/t16-,21+/m1/s1. The van der Waals surface area contributed by atoms with Crippen molar-refractivity contribution in [3.05, 3.63) is 65.7 Å². The normalized spacial score (nSPS) is 23.6. The highest BCUT2D eigenvalue weighted by atomic mass is 16.5. The summed E-state index contributed by atoms with van der Waals surface area (Å²) in [6.07, 6.45) is 0.630. The molecule has 2 heterocycles. The average molecular weight is 379 g/mol. The Morgan fingerprint density at radius 3 is 2.68 bits per heavy atom. The fraction of sp³-hybridized carbons (Fsp3) is 0.286. The SMILES string of the molecule is C[C@@]1(c2ccccc2)NC(=O)N(CC(=O)N[C@@H]2CCOc3ccccc32)C1=O. The monoisotopic (exact) mass is 379 g/mol. The van der Waals surface area contributed by atoms with E-state index in [0.717, 1.165) is 16.2 Å². The van der Waals surface area contributed by atoms with Crippen LogP contribution >= 0.6 is 0 Å². The van der Waals surface area contributed by atoms with Crippen molar-refractivity contribution in [1.82, 2.24) is 15.5 Å². The van der Waals surface area contributed by atoms with E-state index in [-0.39, 0.29) is 18.5 Å². The number of hydrogen-bond donors (Lipinski definition) is 2. The van der Waals surface area contributed by atoms with Crippen LogP contribution in [0, 0.1) is 0 Å². The molecule has 4 amide bonds. The van der Waals surface area contributed by atoms with Crippen LogP contribution in [-0.2, 0) is 15.1 Å². The van der Waals surface area contributed by atoms with Gasteiger partial charge in [0.15, 0.2) is 0 Å². The summed E-state index contributed by atoms with van der Waals surface area (Å²) in [7, 11) is 0. The highest BCUT2D eigenvalue weighted by Crippen LogP contribution is 2.32. The van der Waals surface area contributed by atoms with Crippen LogP contribution in [0.2, 0.25) is 0 Å². The molecule has 2 atom stereocenters. The molecule has 0 radical (unpaired) electrons. The Bertz CT molecular complexity index is 930. The van der Waals surface area contributed by atoms with Crippen molar-refractivity contribution in [2.45, 2.75) is 24.9 Å². The van der Waals surface area contributed by atoms with Crippen LogP contribution in [0.15, 0.2) is 54.6 Å². The van der Waals surface area contributed by atoms with Gasteiger partial charge in [0.05, 0.1) is 12.6 Å². The second-order valence-corrected chi connectivity index (χ2v) is 7.11. The highest BCUT2D eigenvalue weighted by Gasteiger charge is 2.49. The lowest BCUT2D eigenvalue weighted by Gasteiger charge is -2.27. The van der Waals surface area contributed by atoms with Crippen LogP contribution in [0.4, 0.5) is 4.79 Å². The van der Waals surface area contributed by atoms with Gasteiger partial charge >= 0.3 is 6.03 Å². The zero-order valence-corrected chi connectivity index (χ0v) is 15.5. The van der Waals surface area contributed by atoms with Crippen molar-refractivity contribution >= 4 is 17.8 Å². The number of imide groups is 1. The Morgan fingerprint density at radius 2 is 1.89 bits per heavy atom. The zero-order chi connectivity index (χ0) is 19.7. The van der Waals surface area contributed by atoms with Crippen LogP contribution in [0.5, 0.6) is 5.75 Å². The maximum Gasteiger partial charge on any atom is 0.325 e. The molecule has 1 fully saturated rings. The quantitative estimate of drug-likeness (QED) is 0.797. The molecule has 0 aromatic heterocycles.